The summed E-state index contributed by atoms with van der Waals surface area (Å²) < 4.78 is 31.8. The molecular formula is C32H34N2O8. The maximum absolute atomic E-state index is 12.4. The third-order valence-corrected chi connectivity index (χ3v) is 7.40. The highest BCUT2D eigenvalue weighted by atomic mass is 17.0. The molecule has 1 aliphatic rings. The van der Waals surface area contributed by atoms with Gasteiger partial charge in [-0.1, -0.05) is 91.0 Å². The Hall–Kier alpha value is -3.90. The van der Waals surface area contributed by atoms with E-state index in [-0.39, 0.29) is 13.0 Å². The zero-order valence-electron chi connectivity index (χ0n) is 23.6. The van der Waals surface area contributed by atoms with Crippen LogP contribution in [0.5, 0.6) is 0 Å². The first-order valence-corrected chi connectivity index (χ1v) is 13.6. The van der Waals surface area contributed by atoms with Gasteiger partial charge in [-0.2, -0.15) is 0 Å². The summed E-state index contributed by atoms with van der Waals surface area (Å²) in [5, 5.41) is 10.8. The first kappa shape index (κ1) is 29.6. The quantitative estimate of drug-likeness (QED) is 0.207. The van der Waals surface area contributed by atoms with Crippen molar-refractivity contribution >= 4 is 0 Å². The third-order valence-electron chi connectivity index (χ3n) is 7.40. The van der Waals surface area contributed by atoms with Crippen LogP contribution in [0.15, 0.2) is 107 Å². The number of hydrogen-bond donors (Lipinski definition) is 2. The van der Waals surface area contributed by atoms with E-state index in [2.05, 4.69) is 4.98 Å². The Balaban J connectivity index is 1.48. The summed E-state index contributed by atoms with van der Waals surface area (Å²) >= 11 is 0. The molecule has 42 heavy (non-hydrogen) atoms. The summed E-state index contributed by atoms with van der Waals surface area (Å²) in [5.74, 6) is 0. The summed E-state index contributed by atoms with van der Waals surface area (Å²) in [5.41, 5.74) is 0.398. The minimum atomic E-state index is -2.05. The fourth-order valence-corrected chi connectivity index (χ4v) is 5.22. The molecule has 10 heteroatoms. The van der Waals surface area contributed by atoms with Crippen LogP contribution in [0.2, 0.25) is 0 Å². The number of H-pyrrole nitrogens is 1. The fraction of sp³-hybridized carbons (Fsp3) is 0.312. The zero-order valence-corrected chi connectivity index (χ0v) is 23.6. The highest BCUT2D eigenvalue weighted by Gasteiger charge is 2.49. The van der Waals surface area contributed by atoms with Crippen molar-refractivity contribution in [1.82, 2.24) is 9.55 Å². The minimum Gasteiger partial charge on any atom is -0.390 e. The van der Waals surface area contributed by atoms with Crippen molar-refractivity contribution in [2.24, 2.45) is 0 Å². The molecule has 2 N–H and O–H groups in total. The van der Waals surface area contributed by atoms with Crippen LogP contribution in [0.4, 0.5) is 0 Å². The lowest BCUT2D eigenvalue weighted by Gasteiger charge is -2.42. The Morgan fingerprint density at radius 2 is 1.38 bits per heavy atom. The number of aromatic amines is 1. The average Bonchev–Trinajstić information content (AvgIpc) is 3.40. The normalized spacial score (nSPS) is 19.2. The molecule has 0 radical (unpaired) electrons. The molecule has 1 fully saturated rings. The van der Waals surface area contributed by atoms with E-state index in [0.717, 1.165) is 16.7 Å². The van der Waals surface area contributed by atoms with Crippen LogP contribution in [0, 0.1) is 6.92 Å². The number of ether oxygens (including phenoxy) is 5. The van der Waals surface area contributed by atoms with Gasteiger partial charge in [0.05, 0.1) is 12.7 Å². The molecular weight excluding hydrogens is 540 g/mol. The smallest absolute Gasteiger partial charge is 0.390 e. The number of methoxy groups -OCH3 is 2. The SMILES string of the molecule is COC(OC)(OC[C@H]1O[C@@H](n2cc(C)c(=O)[nH]c2=O)C[C@@H]1O)OC(c1ccccc1)(c1ccccc1)c1ccccc1. The summed E-state index contributed by atoms with van der Waals surface area (Å²) in [6.07, 6.45) is -3.18. The standard InChI is InChI=1S/C32H34N2O8/c1-22-20-34(30(37)33-29(22)36)28-19-26(35)27(41-28)21-40-32(38-2,39-3)42-31(23-13-7-4-8-14-23,24-15-9-5-10-16-24)25-17-11-6-12-18-25/h4-18,20,26-28,35H,19,21H2,1-3H3,(H,33,36,37)/t26-,27+,28+/m0/s1. The van der Waals surface area contributed by atoms with Gasteiger partial charge in [0.15, 0.2) is 5.60 Å². The molecule has 220 valence electrons. The molecule has 10 nitrogen and oxygen atoms in total. The van der Waals surface area contributed by atoms with Gasteiger partial charge in [-0.05, 0) is 23.6 Å². The molecule has 3 aromatic carbocycles. The van der Waals surface area contributed by atoms with E-state index in [0.29, 0.717) is 5.56 Å². The highest BCUT2D eigenvalue weighted by molar-refractivity contribution is 5.47. The van der Waals surface area contributed by atoms with E-state index in [1.165, 1.54) is 25.0 Å². The van der Waals surface area contributed by atoms with Gasteiger partial charge in [0.2, 0.25) is 0 Å². The third kappa shape index (κ3) is 5.73. The lowest BCUT2D eigenvalue weighted by molar-refractivity contribution is -0.506. The molecule has 2 heterocycles. The van der Waals surface area contributed by atoms with Crippen LogP contribution < -0.4 is 11.2 Å². The first-order valence-electron chi connectivity index (χ1n) is 13.6. The molecule has 4 aromatic rings. The van der Waals surface area contributed by atoms with Gasteiger partial charge in [0, 0.05) is 32.4 Å². The number of aliphatic hydroxyl groups is 1. The summed E-state index contributed by atoms with van der Waals surface area (Å²) in [6.45, 7) is 1.38. The number of benzene rings is 3. The number of rotatable bonds is 11. The zero-order chi connectivity index (χ0) is 29.7. The monoisotopic (exact) mass is 574 g/mol. The number of nitrogens with one attached hydrogen (secondary N) is 1. The minimum absolute atomic E-state index is 0.106. The second-order valence-corrected chi connectivity index (χ2v) is 10.0. The number of aryl methyl sites for hydroxylation is 1. The lowest BCUT2D eigenvalue weighted by atomic mass is 9.80. The Morgan fingerprint density at radius 1 is 0.881 bits per heavy atom. The molecule has 0 saturated carbocycles. The largest absolute Gasteiger partial charge is 0.413 e. The van der Waals surface area contributed by atoms with Crippen molar-refractivity contribution in [1.29, 1.82) is 0 Å². The number of hydrogen-bond acceptors (Lipinski definition) is 8. The lowest BCUT2D eigenvalue weighted by Crippen LogP contribution is -2.50. The van der Waals surface area contributed by atoms with Crippen LogP contribution in [0.25, 0.3) is 0 Å². The molecule has 1 aliphatic heterocycles. The van der Waals surface area contributed by atoms with Crippen LogP contribution in [0.1, 0.15) is 34.9 Å². The topological polar surface area (TPSA) is 121 Å². The summed E-state index contributed by atoms with van der Waals surface area (Å²) in [4.78, 5) is 26.5. The first-order chi connectivity index (χ1) is 20.3. The van der Waals surface area contributed by atoms with Crippen LogP contribution >= 0.6 is 0 Å². The molecule has 0 aliphatic carbocycles. The van der Waals surface area contributed by atoms with E-state index in [4.69, 9.17) is 23.7 Å². The van der Waals surface area contributed by atoms with E-state index in [1.54, 1.807) is 6.92 Å². The van der Waals surface area contributed by atoms with Crippen molar-refractivity contribution < 1.29 is 28.8 Å². The second kappa shape index (κ2) is 12.5. The molecule has 0 unspecified atom stereocenters. The molecule has 3 atom stereocenters. The van der Waals surface area contributed by atoms with Crippen LogP contribution in [0.3, 0.4) is 0 Å². The second-order valence-electron chi connectivity index (χ2n) is 10.0. The van der Waals surface area contributed by atoms with Crippen molar-refractivity contribution in [2.75, 3.05) is 20.8 Å². The summed E-state index contributed by atoms with van der Waals surface area (Å²) in [6, 6.07) is 29.0. The Bertz CT molecular complexity index is 1470. The van der Waals surface area contributed by atoms with E-state index in [9.17, 15) is 14.7 Å². The van der Waals surface area contributed by atoms with Gasteiger partial charge in [-0.3, -0.25) is 19.1 Å². The predicted molar refractivity (Wildman–Crippen MR) is 154 cm³/mol. The molecule has 1 aromatic heterocycles. The van der Waals surface area contributed by atoms with Gasteiger partial charge in [-0.15, -0.1) is 0 Å². The number of nitrogens with zero attached hydrogens (tertiary/aromatic N) is 1. The van der Waals surface area contributed by atoms with Crippen molar-refractivity contribution in [3.05, 3.63) is 140 Å². The maximum atomic E-state index is 12.4. The van der Waals surface area contributed by atoms with E-state index in [1.807, 2.05) is 91.0 Å². The van der Waals surface area contributed by atoms with Crippen molar-refractivity contribution in [2.45, 2.75) is 43.5 Å². The Kier molecular flexibility index (Phi) is 8.83. The predicted octanol–water partition coefficient (Wildman–Crippen LogP) is 3.42. The van der Waals surface area contributed by atoms with E-state index < -0.39 is 41.4 Å². The molecule has 0 amide bonds. The van der Waals surface area contributed by atoms with Gasteiger partial charge in [0.1, 0.15) is 12.3 Å². The molecule has 0 spiro atoms. The molecule has 5 rings (SSSR count). The Morgan fingerprint density at radius 3 is 1.86 bits per heavy atom. The maximum Gasteiger partial charge on any atom is 0.413 e. The fourth-order valence-electron chi connectivity index (χ4n) is 5.22. The van der Waals surface area contributed by atoms with Gasteiger partial charge in [0.25, 0.3) is 5.56 Å². The van der Waals surface area contributed by atoms with Crippen molar-refractivity contribution in [3.8, 4) is 0 Å². The van der Waals surface area contributed by atoms with Crippen LogP contribution in [-0.4, -0.2) is 53.9 Å². The average molecular weight is 575 g/mol. The van der Waals surface area contributed by atoms with Crippen LogP contribution in [-0.2, 0) is 29.3 Å². The highest BCUT2D eigenvalue weighted by Crippen LogP contribution is 2.44. The number of aromatic nitrogens is 2. The van der Waals surface area contributed by atoms with Crippen molar-refractivity contribution in [3.63, 3.8) is 0 Å². The molecule has 1 saturated heterocycles. The summed E-state index contributed by atoms with van der Waals surface area (Å²) in [7, 11) is 2.79. The van der Waals surface area contributed by atoms with Gasteiger partial charge in [-0.25, -0.2) is 4.79 Å². The van der Waals surface area contributed by atoms with Gasteiger partial charge >= 0.3 is 11.8 Å². The Labute approximate surface area is 243 Å². The molecule has 0 bridgehead atoms. The van der Waals surface area contributed by atoms with Gasteiger partial charge < -0.3 is 24.1 Å². The van der Waals surface area contributed by atoms with E-state index >= 15 is 0 Å². The number of aliphatic hydroxyl groups excluding tert-OH is 1.